The van der Waals surface area contributed by atoms with E-state index in [1.807, 2.05) is 0 Å². The van der Waals surface area contributed by atoms with Gasteiger partial charge in [0.2, 0.25) is 0 Å². The summed E-state index contributed by atoms with van der Waals surface area (Å²) in [4.78, 5) is 0. The Morgan fingerprint density at radius 1 is 1.33 bits per heavy atom. The zero-order valence-corrected chi connectivity index (χ0v) is 11.0. The quantitative estimate of drug-likeness (QED) is 0.858. The van der Waals surface area contributed by atoms with Crippen LogP contribution in [0.2, 0.25) is 5.02 Å². The fourth-order valence-electron chi connectivity index (χ4n) is 2.78. The molecule has 1 saturated carbocycles. The number of benzene rings is 1. The van der Waals surface area contributed by atoms with Gasteiger partial charge in [0.1, 0.15) is 0 Å². The van der Waals surface area contributed by atoms with Crippen LogP contribution < -0.4 is 10.5 Å². The summed E-state index contributed by atoms with van der Waals surface area (Å²) < 4.78 is 32.7. The van der Waals surface area contributed by atoms with Gasteiger partial charge >= 0.3 is 0 Å². The van der Waals surface area contributed by atoms with Gasteiger partial charge in [-0.25, -0.2) is 8.78 Å². The second kappa shape index (κ2) is 5.02. The Labute approximate surface area is 110 Å². The first-order chi connectivity index (χ1) is 8.55. The number of methoxy groups -OCH3 is 1. The molecule has 1 fully saturated rings. The molecule has 1 aromatic carbocycles. The van der Waals surface area contributed by atoms with Gasteiger partial charge in [-0.15, -0.1) is 0 Å². The number of ether oxygens (including phenoxy) is 1. The van der Waals surface area contributed by atoms with Gasteiger partial charge in [0.25, 0.3) is 0 Å². The summed E-state index contributed by atoms with van der Waals surface area (Å²) in [6.07, 6.45) is 3.58. The number of nitrogens with two attached hydrogens (primary N) is 1. The summed E-state index contributed by atoms with van der Waals surface area (Å²) in [5.74, 6) is -1.95. The minimum Gasteiger partial charge on any atom is -0.491 e. The molecular formula is C13H16ClF2NO. The molecule has 100 valence electrons. The minimum atomic E-state index is -0.856. The lowest BCUT2D eigenvalue weighted by Crippen LogP contribution is -2.33. The molecule has 5 heteroatoms. The fraction of sp³-hybridized carbons (Fsp3) is 0.538. The summed E-state index contributed by atoms with van der Waals surface area (Å²) in [7, 11) is 1.23. The third kappa shape index (κ3) is 1.97. The normalized spacial score (nSPS) is 18.1. The van der Waals surface area contributed by atoms with Crippen LogP contribution in [0, 0.1) is 11.6 Å². The minimum absolute atomic E-state index is 0.122. The van der Waals surface area contributed by atoms with Crippen molar-refractivity contribution in [2.45, 2.75) is 31.1 Å². The molecule has 0 saturated heterocycles. The van der Waals surface area contributed by atoms with Crippen molar-refractivity contribution in [2.75, 3.05) is 13.7 Å². The predicted molar refractivity (Wildman–Crippen MR) is 67.1 cm³/mol. The van der Waals surface area contributed by atoms with Crippen molar-refractivity contribution in [2.24, 2.45) is 5.73 Å². The third-order valence-electron chi connectivity index (χ3n) is 3.84. The van der Waals surface area contributed by atoms with Crippen molar-refractivity contribution in [3.63, 3.8) is 0 Å². The first kappa shape index (κ1) is 13.6. The van der Waals surface area contributed by atoms with Crippen LogP contribution in [0.5, 0.6) is 5.75 Å². The van der Waals surface area contributed by atoms with Crippen molar-refractivity contribution in [1.82, 2.24) is 0 Å². The smallest absolute Gasteiger partial charge is 0.192 e. The molecule has 0 radical (unpaired) electrons. The van der Waals surface area contributed by atoms with Crippen LogP contribution in [0.25, 0.3) is 0 Å². The van der Waals surface area contributed by atoms with Crippen LogP contribution in [-0.4, -0.2) is 13.7 Å². The molecule has 0 bridgehead atoms. The highest BCUT2D eigenvalue weighted by Gasteiger charge is 2.38. The maximum atomic E-state index is 14.3. The van der Waals surface area contributed by atoms with Crippen molar-refractivity contribution in [3.8, 4) is 5.75 Å². The molecule has 1 aromatic rings. The molecule has 0 unspecified atom stereocenters. The van der Waals surface area contributed by atoms with E-state index in [9.17, 15) is 8.78 Å². The molecule has 0 heterocycles. The van der Waals surface area contributed by atoms with Gasteiger partial charge in [0, 0.05) is 17.5 Å². The molecule has 0 amide bonds. The molecule has 0 aromatic heterocycles. The second-order valence-electron chi connectivity index (χ2n) is 4.76. The van der Waals surface area contributed by atoms with Crippen molar-refractivity contribution >= 4 is 11.6 Å². The lowest BCUT2D eigenvalue weighted by molar-refractivity contribution is 0.345. The van der Waals surface area contributed by atoms with Crippen LogP contribution in [-0.2, 0) is 5.41 Å². The fourth-order valence-corrected chi connectivity index (χ4v) is 2.98. The summed E-state index contributed by atoms with van der Waals surface area (Å²) in [6, 6.07) is 1.35. The van der Waals surface area contributed by atoms with Crippen molar-refractivity contribution < 1.29 is 13.5 Å². The number of hydrogen-bond donors (Lipinski definition) is 1. The molecular weight excluding hydrogens is 260 g/mol. The van der Waals surface area contributed by atoms with Gasteiger partial charge in [0.15, 0.2) is 17.4 Å². The molecule has 0 atom stereocenters. The lowest BCUT2D eigenvalue weighted by Gasteiger charge is -2.29. The molecule has 1 aliphatic rings. The molecule has 1 aliphatic carbocycles. The van der Waals surface area contributed by atoms with Gasteiger partial charge < -0.3 is 10.5 Å². The Bertz CT molecular complexity index is 459. The van der Waals surface area contributed by atoms with Gasteiger partial charge in [-0.2, -0.15) is 0 Å². The molecule has 2 rings (SSSR count). The van der Waals surface area contributed by atoms with Crippen LogP contribution in [0.3, 0.4) is 0 Å². The topological polar surface area (TPSA) is 35.2 Å². The van der Waals surface area contributed by atoms with Gasteiger partial charge in [-0.1, -0.05) is 24.4 Å². The summed E-state index contributed by atoms with van der Waals surface area (Å²) in [5, 5.41) is -0.122. The van der Waals surface area contributed by atoms with Crippen LogP contribution in [0.15, 0.2) is 6.07 Å². The van der Waals surface area contributed by atoms with Crippen LogP contribution in [0.4, 0.5) is 8.78 Å². The Morgan fingerprint density at radius 3 is 2.44 bits per heavy atom. The average Bonchev–Trinajstić information content (AvgIpc) is 2.84. The monoisotopic (exact) mass is 275 g/mol. The summed E-state index contributed by atoms with van der Waals surface area (Å²) >= 11 is 5.80. The van der Waals surface area contributed by atoms with E-state index >= 15 is 0 Å². The lowest BCUT2D eigenvalue weighted by atomic mass is 9.78. The van der Waals surface area contributed by atoms with E-state index in [4.69, 9.17) is 22.1 Å². The maximum absolute atomic E-state index is 14.3. The second-order valence-corrected chi connectivity index (χ2v) is 5.17. The van der Waals surface area contributed by atoms with E-state index in [0.29, 0.717) is 12.1 Å². The maximum Gasteiger partial charge on any atom is 0.192 e. The third-order valence-corrected chi connectivity index (χ3v) is 4.12. The number of halogens is 3. The number of hydrogen-bond acceptors (Lipinski definition) is 2. The Balaban J connectivity index is 2.60. The SMILES string of the molecule is COc1c(F)c(Cl)cc(C2(CN)CCCC2)c1F. The van der Waals surface area contributed by atoms with Crippen LogP contribution in [0.1, 0.15) is 31.2 Å². The predicted octanol–water partition coefficient (Wildman–Crippen LogP) is 3.40. The van der Waals surface area contributed by atoms with Gasteiger partial charge in [0.05, 0.1) is 12.1 Å². The molecule has 18 heavy (non-hydrogen) atoms. The molecule has 0 spiro atoms. The van der Waals surface area contributed by atoms with Gasteiger partial charge in [-0.3, -0.25) is 0 Å². The van der Waals surface area contributed by atoms with E-state index in [-0.39, 0.29) is 5.02 Å². The Hall–Kier alpha value is -0.870. The average molecular weight is 276 g/mol. The highest BCUT2D eigenvalue weighted by Crippen LogP contribution is 2.44. The molecule has 2 N–H and O–H groups in total. The number of rotatable bonds is 3. The standard InChI is InChI=1S/C13H16ClF2NO/c1-18-12-10(15)8(6-9(14)11(12)16)13(7-17)4-2-3-5-13/h6H,2-5,7,17H2,1H3. The Kier molecular flexibility index (Phi) is 3.78. The first-order valence-corrected chi connectivity index (χ1v) is 6.35. The van der Waals surface area contributed by atoms with E-state index in [0.717, 1.165) is 25.7 Å². The van der Waals surface area contributed by atoms with Gasteiger partial charge in [-0.05, 0) is 18.9 Å². The van der Waals surface area contributed by atoms with E-state index in [1.165, 1.54) is 13.2 Å². The van der Waals surface area contributed by atoms with E-state index in [2.05, 4.69) is 0 Å². The molecule has 2 nitrogen and oxygen atoms in total. The van der Waals surface area contributed by atoms with Crippen molar-refractivity contribution in [1.29, 1.82) is 0 Å². The first-order valence-electron chi connectivity index (χ1n) is 5.98. The zero-order valence-electron chi connectivity index (χ0n) is 10.2. The highest BCUT2D eigenvalue weighted by molar-refractivity contribution is 6.31. The zero-order chi connectivity index (χ0) is 13.3. The van der Waals surface area contributed by atoms with E-state index < -0.39 is 22.8 Å². The molecule has 0 aliphatic heterocycles. The largest absolute Gasteiger partial charge is 0.491 e. The summed E-state index contributed by atoms with van der Waals surface area (Å²) in [5.41, 5.74) is 5.75. The van der Waals surface area contributed by atoms with E-state index in [1.54, 1.807) is 0 Å². The van der Waals surface area contributed by atoms with Crippen LogP contribution >= 0.6 is 11.6 Å². The Morgan fingerprint density at radius 2 is 1.94 bits per heavy atom. The summed E-state index contributed by atoms with van der Waals surface area (Å²) in [6.45, 7) is 0.328. The van der Waals surface area contributed by atoms with Crippen molar-refractivity contribution in [3.05, 3.63) is 28.3 Å². The highest BCUT2D eigenvalue weighted by atomic mass is 35.5.